The predicted molar refractivity (Wildman–Crippen MR) is 83.6 cm³/mol. The van der Waals surface area contributed by atoms with Gasteiger partial charge in [0.2, 0.25) is 0 Å². The van der Waals surface area contributed by atoms with E-state index in [0.717, 1.165) is 0 Å². The molecule has 0 bridgehead atoms. The van der Waals surface area contributed by atoms with Crippen LogP contribution in [0.25, 0.3) is 0 Å². The van der Waals surface area contributed by atoms with Gasteiger partial charge in [-0.3, -0.25) is 9.78 Å². The first-order chi connectivity index (χ1) is 13.5. The van der Waals surface area contributed by atoms with E-state index in [2.05, 4.69) is 4.98 Å². The number of likely N-dealkylation sites (tertiary alicyclic amines) is 1. The third-order valence-electron chi connectivity index (χ3n) is 4.44. The van der Waals surface area contributed by atoms with Crippen LogP contribution in [0.4, 0.5) is 0 Å². The van der Waals surface area contributed by atoms with Crippen LogP contribution in [0.3, 0.4) is 0 Å². The van der Waals surface area contributed by atoms with Gasteiger partial charge in [0.1, 0.15) is 24.4 Å². The number of carboxylic acid groups (broad SMARTS) is 1. The maximum atomic E-state index is 12.7. The molecule has 4 N–H and O–H groups in total. The first kappa shape index (κ1) is 15.0. The zero-order chi connectivity index (χ0) is 21.5. The maximum absolute atomic E-state index is 12.7. The normalized spacial score (nSPS) is 40.0. The van der Waals surface area contributed by atoms with Crippen LogP contribution < -0.4 is 0 Å². The van der Waals surface area contributed by atoms with Crippen molar-refractivity contribution >= 4 is 11.9 Å². The highest BCUT2D eigenvalue weighted by atomic mass is 16.7. The third-order valence-corrected chi connectivity index (χ3v) is 4.44. The molecule has 2 aliphatic rings. The second-order valence-corrected chi connectivity index (χ2v) is 6.11. The van der Waals surface area contributed by atoms with Crippen molar-refractivity contribution in [3.05, 3.63) is 30.1 Å². The van der Waals surface area contributed by atoms with Crippen LogP contribution in [0.1, 0.15) is 22.1 Å². The highest BCUT2D eigenvalue weighted by Gasteiger charge is 2.50. The van der Waals surface area contributed by atoms with E-state index >= 15 is 0 Å². The fourth-order valence-corrected chi connectivity index (χ4v) is 3.02. The van der Waals surface area contributed by atoms with Crippen molar-refractivity contribution in [2.45, 2.75) is 49.3 Å². The molecule has 1 aromatic heterocycles. The van der Waals surface area contributed by atoms with E-state index < -0.39 is 61.7 Å². The molecule has 26 heavy (non-hydrogen) atoms. The van der Waals surface area contributed by atoms with E-state index in [-0.39, 0.29) is 6.42 Å². The van der Waals surface area contributed by atoms with Crippen LogP contribution in [0, 0.1) is 0 Å². The van der Waals surface area contributed by atoms with Gasteiger partial charge in [0.05, 0.1) is 6.04 Å². The Bertz CT molecular complexity index is 764. The lowest BCUT2D eigenvalue weighted by molar-refractivity contribution is -0.301. The van der Waals surface area contributed by atoms with E-state index in [1.54, 1.807) is 12.1 Å². The number of nitrogens with zero attached hydrogens (tertiary/aromatic N) is 2. The van der Waals surface area contributed by atoms with E-state index in [1.807, 2.05) is 0 Å². The van der Waals surface area contributed by atoms with E-state index in [9.17, 15) is 24.9 Å². The van der Waals surface area contributed by atoms with Crippen molar-refractivity contribution < 1.29 is 43.6 Å². The Balaban J connectivity index is 1.83. The number of likely N-dealkylation sites (N-methyl/N-ethyl adjacent to an activating group) is 1. The maximum Gasteiger partial charge on any atom is 0.335 e. The molecule has 10 heteroatoms. The Morgan fingerprint density at radius 1 is 1.38 bits per heavy atom. The van der Waals surface area contributed by atoms with Crippen LogP contribution in [0.2, 0.25) is 0 Å². The fourth-order valence-electron chi connectivity index (χ4n) is 3.02. The van der Waals surface area contributed by atoms with Crippen molar-refractivity contribution in [2.24, 2.45) is 0 Å². The summed E-state index contributed by atoms with van der Waals surface area (Å²) in [6.07, 6.45) is -7.97. The SMILES string of the molecule is [2H]C([2H])([2H])N1C(=O)[C@H](O[C@@H]2O[C@H](C(=O)O)[C@@H](O)[C@H](O)[C@H]2O)C[C@H]1c1cccnc1. The summed E-state index contributed by atoms with van der Waals surface area (Å²) in [6.45, 7) is -2.79. The van der Waals surface area contributed by atoms with Gasteiger partial charge in [-0.1, -0.05) is 6.07 Å². The zero-order valence-electron chi connectivity index (χ0n) is 16.4. The van der Waals surface area contributed by atoms with Crippen molar-refractivity contribution in [2.75, 3.05) is 6.98 Å². The molecule has 0 unspecified atom stereocenters. The molecule has 2 fully saturated rings. The summed E-state index contributed by atoms with van der Waals surface area (Å²) in [5.41, 5.74) is 0.451. The second kappa shape index (κ2) is 7.25. The Kier molecular flexibility index (Phi) is 4.18. The molecule has 0 spiro atoms. The minimum Gasteiger partial charge on any atom is -0.479 e. The Hall–Kier alpha value is -2.11. The highest BCUT2D eigenvalue weighted by Crippen LogP contribution is 2.34. The smallest absolute Gasteiger partial charge is 0.335 e. The summed E-state index contributed by atoms with van der Waals surface area (Å²) in [5, 5.41) is 38.7. The molecular formula is C16H20N2O8. The summed E-state index contributed by atoms with van der Waals surface area (Å²) in [4.78, 5) is 28.5. The van der Waals surface area contributed by atoms with Gasteiger partial charge >= 0.3 is 5.97 Å². The summed E-state index contributed by atoms with van der Waals surface area (Å²) in [7, 11) is 0. The van der Waals surface area contributed by atoms with Crippen molar-refractivity contribution in [3.63, 3.8) is 0 Å². The van der Waals surface area contributed by atoms with E-state index in [4.69, 9.17) is 18.7 Å². The number of aromatic nitrogens is 1. The van der Waals surface area contributed by atoms with Crippen LogP contribution in [0.5, 0.6) is 0 Å². The van der Waals surface area contributed by atoms with Gasteiger partial charge in [-0.05, 0) is 11.6 Å². The molecule has 3 heterocycles. The summed E-state index contributed by atoms with van der Waals surface area (Å²) < 4.78 is 33.4. The molecule has 0 aromatic carbocycles. The van der Waals surface area contributed by atoms with Gasteiger partial charge in [-0.15, -0.1) is 0 Å². The standard InChI is InChI=1S/C16H20N2O8/c1-18-8(7-3-2-4-17-6-7)5-9(14(18)22)25-16-12(21)10(19)11(20)13(26-16)15(23)24/h2-4,6,8-13,16,19-21H,5H2,1H3,(H,23,24)/t8-,9+,10-,11-,12+,13-,16+/m0/s1/i1D3. The number of amides is 1. The first-order valence-electron chi connectivity index (χ1n) is 9.33. The molecule has 0 radical (unpaired) electrons. The quantitative estimate of drug-likeness (QED) is 0.484. The lowest BCUT2D eigenvalue weighted by Gasteiger charge is -2.39. The number of carboxylic acids is 1. The molecular weight excluding hydrogens is 348 g/mol. The van der Waals surface area contributed by atoms with Crippen molar-refractivity contribution in [1.29, 1.82) is 0 Å². The molecule has 0 aliphatic carbocycles. The summed E-state index contributed by atoms with van der Waals surface area (Å²) in [6, 6.07) is 2.27. The number of rotatable bonds is 4. The van der Waals surface area contributed by atoms with Crippen molar-refractivity contribution in [3.8, 4) is 0 Å². The minimum absolute atomic E-state index is 0.133. The molecule has 142 valence electrons. The molecule has 1 aromatic rings. The van der Waals surface area contributed by atoms with Crippen molar-refractivity contribution in [1.82, 2.24) is 9.88 Å². The number of aliphatic hydroxyl groups excluding tert-OH is 3. The van der Waals surface area contributed by atoms with Crippen LogP contribution in [0.15, 0.2) is 24.5 Å². The van der Waals surface area contributed by atoms with Gasteiger partial charge in [0.15, 0.2) is 12.4 Å². The third kappa shape index (κ3) is 3.29. The van der Waals surface area contributed by atoms with Crippen LogP contribution >= 0.6 is 0 Å². The molecule has 1 amide bonds. The average molecular weight is 371 g/mol. The Labute approximate surface area is 152 Å². The topological polar surface area (TPSA) is 150 Å². The van der Waals surface area contributed by atoms with Crippen LogP contribution in [-0.4, -0.2) is 86.0 Å². The van der Waals surface area contributed by atoms with E-state index in [0.29, 0.717) is 10.5 Å². The van der Waals surface area contributed by atoms with Gasteiger partial charge in [-0.2, -0.15) is 0 Å². The highest BCUT2D eigenvalue weighted by molar-refractivity contribution is 5.83. The largest absolute Gasteiger partial charge is 0.479 e. The van der Waals surface area contributed by atoms with Crippen LogP contribution in [-0.2, 0) is 19.1 Å². The Morgan fingerprint density at radius 3 is 2.77 bits per heavy atom. The Morgan fingerprint density at radius 2 is 2.15 bits per heavy atom. The fraction of sp³-hybridized carbons (Fsp3) is 0.562. The summed E-state index contributed by atoms with van der Waals surface area (Å²) in [5.74, 6) is -2.52. The lowest BCUT2D eigenvalue weighted by Crippen LogP contribution is -2.61. The average Bonchev–Trinajstić information content (AvgIpc) is 2.99. The number of aliphatic hydroxyl groups is 3. The number of hydrogen-bond acceptors (Lipinski definition) is 8. The number of aliphatic carboxylic acids is 1. The van der Waals surface area contributed by atoms with E-state index in [1.165, 1.54) is 12.4 Å². The lowest BCUT2D eigenvalue weighted by atomic mass is 9.99. The van der Waals surface area contributed by atoms with Gasteiger partial charge < -0.3 is 34.8 Å². The number of ether oxygens (including phenoxy) is 2. The minimum atomic E-state index is -2.79. The molecule has 3 rings (SSSR count). The monoisotopic (exact) mass is 371 g/mol. The second-order valence-electron chi connectivity index (χ2n) is 6.11. The summed E-state index contributed by atoms with van der Waals surface area (Å²) >= 11 is 0. The number of hydrogen-bond donors (Lipinski definition) is 4. The number of carbonyl (C=O) groups is 2. The molecule has 2 saturated heterocycles. The zero-order valence-corrected chi connectivity index (χ0v) is 13.4. The van der Waals surface area contributed by atoms with Gasteiger partial charge in [-0.25, -0.2) is 4.79 Å². The molecule has 7 atom stereocenters. The molecule has 0 saturated carbocycles. The van der Waals surface area contributed by atoms with Gasteiger partial charge in [0, 0.05) is 29.9 Å². The number of carbonyl (C=O) groups excluding carboxylic acids is 1. The molecule has 10 nitrogen and oxygen atoms in total. The first-order valence-corrected chi connectivity index (χ1v) is 7.83. The molecule has 2 aliphatic heterocycles. The van der Waals surface area contributed by atoms with Gasteiger partial charge in [0.25, 0.3) is 5.91 Å². The number of pyridine rings is 1. The predicted octanol–water partition coefficient (Wildman–Crippen LogP) is -1.74.